The Morgan fingerprint density at radius 2 is 2.42 bits per heavy atom. The molecule has 1 unspecified atom stereocenters. The van der Waals surface area contributed by atoms with Crippen LogP contribution in [0.3, 0.4) is 0 Å². The lowest BCUT2D eigenvalue weighted by molar-refractivity contribution is 0.409. The molecule has 3 heteroatoms. The smallest absolute Gasteiger partial charge is 0.193 e. The van der Waals surface area contributed by atoms with Crippen LogP contribution in [0.2, 0.25) is 5.22 Å². The van der Waals surface area contributed by atoms with E-state index in [2.05, 4.69) is 5.32 Å². The van der Waals surface area contributed by atoms with Gasteiger partial charge in [0.25, 0.3) is 0 Å². The van der Waals surface area contributed by atoms with Crippen LogP contribution in [-0.4, -0.2) is 6.54 Å². The molecule has 1 saturated heterocycles. The van der Waals surface area contributed by atoms with Crippen molar-refractivity contribution < 1.29 is 4.42 Å². The number of rotatable bonds is 1. The topological polar surface area (TPSA) is 25.2 Å². The molecule has 0 aliphatic carbocycles. The fourth-order valence-corrected chi connectivity index (χ4v) is 1.81. The maximum absolute atomic E-state index is 5.69. The second-order valence-electron chi connectivity index (χ2n) is 3.19. The molecule has 2 nitrogen and oxygen atoms in total. The number of furan rings is 1. The summed E-state index contributed by atoms with van der Waals surface area (Å²) in [7, 11) is 0. The van der Waals surface area contributed by atoms with Gasteiger partial charge in [-0.15, -0.1) is 0 Å². The van der Waals surface area contributed by atoms with E-state index in [1.165, 1.54) is 24.8 Å². The van der Waals surface area contributed by atoms with Crippen molar-refractivity contribution in [2.24, 2.45) is 0 Å². The van der Waals surface area contributed by atoms with Gasteiger partial charge < -0.3 is 9.73 Å². The maximum Gasteiger partial charge on any atom is 0.193 e. The Morgan fingerprint density at radius 3 is 3.00 bits per heavy atom. The van der Waals surface area contributed by atoms with Crippen LogP contribution in [0.15, 0.2) is 16.7 Å². The van der Waals surface area contributed by atoms with Gasteiger partial charge in [-0.3, -0.25) is 0 Å². The summed E-state index contributed by atoms with van der Waals surface area (Å²) in [5.74, 6) is 0. The third-order valence-corrected chi connectivity index (χ3v) is 2.50. The molecular formula is C9H12ClNO. The van der Waals surface area contributed by atoms with Crippen molar-refractivity contribution in [2.45, 2.75) is 25.3 Å². The Labute approximate surface area is 76.9 Å². The van der Waals surface area contributed by atoms with Crippen molar-refractivity contribution >= 4 is 11.6 Å². The minimum atomic E-state index is 0.454. The molecule has 1 aromatic rings. The average Bonchev–Trinajstić information content (AvgIpc) is 2.54. The molecule has 2 heterocycles. The lowest BCUT2D eigenvalue weighted by atomic mass is 10.0. The van der Waals surface area contributed by atoms with Gasteiger partial charge in [-0.25, -0.2) is 0 Å². The van der Waals surface area contributed by atoms with E-state index in [4.69, 9.17) is 16.0 Å². The van der Waals surface area contributed by atoms with Gasteiger partial charge in [0.1, 0.15) is 0 Å². The van der Waals surface area contributed by atoms with E-state index >= 15 is 0 Å². The first-order chi connectivity index (χ1) is 5.86. The molecule has 1 aliphatic rings. The highest BCUT2D eigenvalue weighted by atomic mass is 35.5. The Bertz CT molecular complexity index is 253. The molecule has 1 aromatic heterocycles. The SMILES string of the molecule is Clc1cc(C2CCCCN2)co1. The van der Waals surface area contributed by atoms with Gasteiger partial charge in [-0.05, 0) is 31.0 Å². The zero-order valence-corrected chi connectivity index (χ0v) is 7.60. The lowest BCUT2D eigenvalue weighted by Gasteiger charge is -2.21. The summed E-state index contributed by atoms with van der Waals surface area (Å²) in [5, 5.41) is 3.91. The van der Waals surface area contributed by atoms with Crippen LogP contribution in [-0.2, 0) is 0 Å². The molecule has 0 bridgehead atoms. The Hall–Kier alpha value is -0.470. The van der Waals surface area contributed by atoms with E-state index in [1.807, 2.05) is 6.07 Å². The van der Waals surface area contributed by atoms with Gasteiger partial charge >= 0.3 is 0 Å². The molecule has 1 aliphatic heterocycles. The van der Waals surface area contributed by atoms with Crippen molar-refractivity contribution in [3.63, 3.8) is 0 Å². The third-order valence-electron chi connectivity index (χ3n) is 2.30. The highest BCUT2D eigenvalue weighted by Gasteiger charge is 2.16. The molecule has 12 heavy (non-hydrogen) atoms. The van der Waals surface area contributed by atoms with E-state index in [0.29, 0.717) is 11.3 Å². The first kappa shape index (κ1) is 8.14. The summed E-state index contributed by atoms with van der Waals surface area (Å²) in [6.07, 6.45) is 5.50. The summed E-state index contributed by atoms with van der Waals surface area (Å²) in [5.41, 5.74) is 1.18. The van der Waals surface area contributed by atoms with Crippen molar-refractivity contribution in [3.05, 3.63) is 23.1 Å². The molecule has 0 radical (unpaired) electrons. The maximum atomic E-state index is 5.69. The number of piperidine rings is 1. The first-order valence-electron chi connectivity index (χ1n) is 4.33. The predicted octanol–water partition coefficient (Wildman–Crippen LogP) is 2.75. The standard InChI is InChI=1S/C9H12ClNO/c10-9-5-7(6-12-9)8-3-1-2-4-11-8/h5-6,8,11H,1-4H2. The van der Waals surface area contributed by atoms with Gasteiger partial charge in [0.05, 0.1) is 6.26 Å². The average molecular weight is 186 g/mol. The molecule has 0 amide bonds. The van der Waals surface area contributed by atoms with E-state index < -0.39 is 0 Å². The third kappa shape index (κ3) is 1.65. The van der Waals surface area contributed by atoms with Crippen LogP contribution < -0.4 is 5.32 Å². The van der Waals surface area contributed by atoms with Gasteiger partial charge in [0.15, 0.2) is 5.22 Å². The summed E-state index contributed by atoms with van der Waals surface area (Å²) in [6.45, 7) is 1.10. The van der Waals surface area contributed by atoms with Gasteiger partial charge in [-0.2, -0.15) is 0 Å². The molecule has 1 fully saturated rings. The first-order valence-corrected chi connectivity index (χ1v) is 4.71. The van der Waals surface area contributed by atoms with E-state index in [-0.39, 0.29) is 0 Å². The highest BCUT2D eigenvalue weighted by molar-refractivity contribution is 6.28. The Kier molecular flexibility index (Phi) is 2.38. The van der Waals surface area contributed by atoms with Crippen molar-refractivity contribution in [1.29, 1.82) is 0 Å². The second kappa shape index (κ2) is 3.50. The van der Waals surface area contributed by atoms with E-state index in [1.54, 1.807) is 6.26 Å². The summed E-state index contributed by atoms with van der Waals surface area (Å²) < 4.78 is 5.04. The van der Waals surface area contributed by atoms with Crippen LogP contribution in [0.5, 0.6) is 0 Å². The second-order valence-corrected chi connectivity index (χ2v) is 3.56. The van der Waals surface area contributed by atoms with Crippen LogP contribution >= 0.6 is 11.6 Å². The fourth-order valence-electron chi connectivity index (χ4n) is 1.64. The lowest BCUT2D eigenvalue weighted by Crippen LogP contribution is -2.26. The van der Waals surface area contributed by atoms with Crippen molar-refractivity contribution in [2.75, 3.05) is 6.54 Å². The fraction of sp³-hybridized carbons (Fsp3) is 0.556. The molecule has 0 spiro atoms. The van der Waals surface area contributed by atoms with E-state index in [0.717, 1.165) is 6.54 Å². The predicted molar refractivity (Wildman–Crippen MR) is 48.3 cm³/mol. The van der Waals surface area contributed by atoms with Crippen molar-refractivity contribution in [1.82, 2.24) is 5.32 Å². The summed E-state index contributed by atoms with van der Waals surface area (Å²) in [6, 6.07) is 2.35. The Morgan fingerprint density at radius 1 is 1.50 bits per heavy atom. The zero-order valence-electron chi connectivity index (χ0n) is 6.85. The van der Waals surface area contributed by atoms with Crippen LogP contribution in [0.25, 0.3) is 0 Å². The molecule has 1 N–H and O–H groups in total. The number of hydrogen-bond donors (Lipinski definition) is 1. The monoisotopic (exact) mass is 185 g/mol. The zero-order chi connectivity index (χ0) is 8.39. The molecule has 0 saturated carbocycles. The van der Waals surface area contributed by atoms with Crippen molar-refractivity contribution in [3.8, 4) is 0 Å². The van der Waals surface area contributed by atoms with Gasteiger partial charge in [0, 0.05) is 17.7 Å². The van der Waals surface area contributed by atoms with Crippen LogP contribution in [0, 0.1) is 0 Å². The number of hydrogen-bond acceptors (Lipinski definition) is 2. The minimum Gasteiger partial charge on any atom is -0.453 e. The largest absolute Gasteiger partial charge is 0.453 e. The Balaban J connectivity index is 2.08. The molecular weight excluding hydrogens is 174 g/mol. The molecule has 2 rings (SSSR count). The highest BCUT2D eigenvalue weighted by Crippen LogP contribution is 2.25. The van der Waals surface area contributed by atoms with Gasteiger partial charge in [0.2, 0.25) is 0 Å². The normalized spacial score (nSPS) is 24.2. The minimum absolute atomic E-state index is 0.454. The van der Waals surface area contributed by atoms with E-state index in [9.17, 15) is 0 Å². The van der Waals surface area contributed by atoms with Crippen LogP contribution in [0.1, 0.15) is 30.9 Å². The number of nitrogens with one attached hydrogen (secondary N) is 1. The quantitative estimate of drug-likeness (QED) is 0.728. The molecule has 0 aromatic carbocycles. The summed E-state index contributed by atoms with van der Waals surface area (Å²) in [4.78, 5) is 0. The van der Waals surface area contributed by atoms with Crippen LogP contribution in [0.4, 0.5) is 0 Å². The van der Waals surface area contributed by atoms with Gasteiger partial charge in [-0.1, -0.05) is 6.42 Å². The molecule has 1 atom stereocenters. The molecule has 66 valence electrons. The number of halogens is 1. The summed E-state index contributed by atoms with van der Waals surface area (Å²) >= 11 is 5.69.